The molecule has 0 radical (unpaired) electrons. The molecule has 0 unspecified atom stereocenters. The Kier molecular flexibility index (Phi) is 5.89. The third-order valence-electron chi connectivity index (χ3n) is 4.64. The highest BCUT2D eigenvalue weighted by molar-refractivity contribution is 6.07. The van der Waals surface area contributed by atoms with Gasteiger partial charge in [0, 0.05) is 23.6 Å². The van der Waals surface area contributed by atoms with E-state index in [1.807, 2.05) is 36.4 Å². The van der Waals surface area contributed by atoms with E-state index in [4.69, 9.17) is 14.0 Å². The molecule has 1 amide bonds. The maximum atomic E-state index is 13.0. The zero-order valence-electron chi connectivity index (χ0n) is 17.0. The zero-order valence-corrected chi connectivity index (χ0v) is 17.0. The molecule has 0 aliphatic rings. The first-order valence-corrected chi connectivity index (χ1v) is 9.53. The molecule has 2 aromatic heterocycles. The molecule has 1 N–H and O–H groups in total. The monoisotopic (exact) mass is 416 g/mol. The number of aromatic nitrogens is 3. The molecule has 0 spiro atoms. The van der Waals surface area contributed by atoms with Crippen molar-refractivity contribution in [2.75, 3.05) is 19.5 Å². The molecule has 0 fully saturated rings. The Hall–Kier alpha value is -4.20. The molecular weight excluding hydrogens is 396 g/mol. The van der Waals surface area contributed by atoms with E-state index in [1.54, 1.807) is 30.6 Å². The molecule has 0 atom stereocenters. The molecule has 2 heterocycles. The van der Waals surface area contributed by atoms with Crippen molar-refractivity contribution in [3.8, 4) is 22.9 Å². The smallest absolute Gasteiger partial charge is 0.259 e. The van der Waals surface area contributed by atoms with Crippen LogP contribution < -0.4 is 14.8 Å². The van der Waals surface area contributed by atoms with Gasteiger partial charge >= 0.3 is 0 Å². The lowest BCUT2D eigenvalue weighted by atomic mass is 10.1. The van der Waals surface area contributed by atoms with E-state index in [-0.39, 0.29) is 5.91 Å². The highest BCUT2D eigenvalue weighted by Crippen LogP contribution is 2.31. The number of nitrogens with zero attached hydrogens (tertiary/aromatic N) is 3. The molecule has 2 aromatic carbocycles. The van der Waals surface area contributed by atoms with Crippen LogP contribution in [0, 0.1) is 0 Å². The van der Waals surface area contributed by atoms with Crippen LogP contribution in [-0.2, 0) is 6.42 Å². The minimum Gasteiger partial charge on any atom is -0.493 e. The fourth-order valence-corrected chi connectivity index (χ4v) is 3.15. The van der Waals surface area contributed by atoms with Crippen LogP contribution in [0.1, 0.15) is 21.8 Å². The number of pyridine rings is 1. The van der Waals surface area contributed by atoms with E-state index in [0.717, 1.165) is 11.1 Å². The Bertz CT molecular complexity index is 1190. The Morgan fingerprint density at radius 1 is 1.03 bits per heavy atom. The van der Waals surface area contributed by atoms with Crippen molar-refractivity contribution in [2.24, 2.45) is 0 Å². The molecule has 8 heteroatoms. The number of carbonyl (C=O) groups is 1. The Morgan fingerprint density at radius 3 is 2.68 bits per heavy atom. The van der Waals surface area contributed by atoms with Crippen molar-refractivity contribution in [1.82, 2.24) is 15.1 Å². The molecule has 0 saturated heterocycles. The van der Waals surface area contributed by atoms with Crippen molar-refractivity contribution in [3.05, 3.63) is 84.0 Å². The minimum absolute atomic E-state index is 0.315. The molecule has 156 valence electrons. The molecular formula is C23H20N4O4. The van der Waals surface area contributed by atoms with Crippen LogP contribution >= 0.6 is 0 Å². The van der Waals surface area contributed by atoms with Crippen LogP contribution in [0.5, 0.6) is 11.5 Å². The topological polar surface area (TPSA) is 99.4 Å². The largest absolute Gasteiger partial charge is 0.493 e. The van der Waals surface area contributed by atoms with E-state index in [2.05, 4.69) is 20.4 Å². The number of ether oxygens (including phenoxy) is 2. The van der Waals surface area contributed by atoms with Gasteiger partial charge < -0.3 is 19.3 Å². The number of anilines is 1. The van der Waals surface area contributed by atoms with Crippen LogP contribution in [-0.4, -0.2) is 35.3 Å². The van der Waals surface area contributed by atoms with Gasteiger partial charge in [-0.15, -0.1) is 0 Å². The van der Waals surface area contributed by atoms with Gasteiger partial charge in [-0.2, -0.15) is 4.98 Å². The molecule has 0 aliphatic carbocycles. The van der Waals surface area contributed by atoms with Crippen molar-refractivity contribution < 1.29 is 18.8 Å². The average molecular weight is 416 g/mol. The summed E-state index contributed by atoms with van der Waals surface area (Å²) in [6, 6.07) is 16.3. The highest BCUT2D eigenvalue weighted by Gasteiger charge is 2.18. The van der Waals surface area contributed by atoms with Crippen LogP contribution in [0.2, 0.25) is 0 Å². The standard InChI is InChI=1S/C23H20N4O4/c1-29-19-11-5-9-17(21(19)30-2)23(28)25-18-10-4-3-7-15(18)13-20-26-22(27-31-20)16-8-6-12-24-14-16/h3-12,14H,13H2,1-2H3,(H,25,28). The first-order chi connectivity index (χ1) is 15.2. The lowest BCUT2D eigenvalue weighted by Gasteiger charge is -2.14. The number of carbonyl (C=O) groups excluding carboxylic acids is 1. The number of hydrogen-bond donors (Lipinski definition) is 1. The lowest BCUT2D eigenvalue weighted by molar-refractivity contribution is 0.102. The lowest BCUT2D eigenvalue weighted by Crippen LogP contribution is -2.15. The second-order valence-corrected chi connectivity index (χ2v) is 6.58. The summed E-state index contributed by atoms with van der Waals surface area (Å²) in [6.45, 7) is 0. The summed E-state index contributed by atoms with van der Waals surface area (Å²) in [5.74, 6) is 1.44. The van der Waals surface area contributed by atoms with Crippen LogP contribution in [0.25, 0.3) is 11.4 Å². The van der Waals surface area contributed by atoms with Gasteiger partial charge in [-0.05, 0) is 35.9 Å². The van der Waals surface area contributed by atoms with Crippen molar-refractivity contribution in [1.29, 1.82) is 0 Å². The molecule has 31 heavy (non-hydrogen) atoms. The Morgan fingerprint density at radius 2 is 1.90 bits per heavy atom. The third-order valence-corrected chi connectivity index (χ3v) is 4.64. The quantitative estimate of drug-likeness (QED) is 0.486. The van der Waals surface area contributed by atoms with E-state index < -0.39 is 0 Å². The van der Waals surface area contributed by atoms with Gasteiger partial charge in [0.15, 0.2) is 11.5 Å². The number of amides is 1. The second-order valence-electron chi connectivity index (χ2n) is 6.58. The number of methoxy groups -OCH3 is 2. The Balaban J connectivity index is 1.56. The fraction of sp³-hybridized carbons (Fsp3) is 0.130. The maximum absolute atomic E-state index is 13.0. The van der Waals surface area contributed by atoms with E-state index in [0.29, 0.717) is 40.9 Å². The summed E-state index contributed by atoms with van der Waals surface area (Å²) in [4.78, 5) is 21.5. The zero-order chi connectivity index (χ0) is 21.6. The van der Waals surface area contributed by atoms with Gasteiger partial charge in [0.25, 0.3) is 5.91 Å². The number of benzene rings is 2. The van der Waals surface area contributed by atoms with Gasteiger partial charge in [0.2, 0.25) is 11.7 Å². The van der Waals surface area contributed by atoms with Crippen molar-refractivity contribution in [3.63, 3.8) is 0 Å². The molecule has 8 nitrogen and oxygen atoms in total. The predicted octanol–water partition coefficient (Wildman–Crippen LogP) is 3.99. The van der Waals surface area contributed by atoms with Gasteiger partial charge in [-0.1, -0.05) is 29.4 Å². The van der Waals surface area contributed by atoms with Crippen LogP contribution in [0.4, 0.5) is 5.69 Å². The van der Waals surface area contributed by atoms with Crippen LogP contribution in [0.15, 0.2) is 71.5 Å². The summed E-state index contributed by atoms with van der Waals surface area (Å²) in [6.07, 6.45) is 3.71. The van der Waals surface area contributed by atoms with Crippen molar-refractivity contribution in [2.45, 2.75) is 6.42 Å². The van der Waals surface area contributed by atoms with Gasteiger partial charge in [0.1, 0.15) is 0 Å². The third kappa shape index (κ3) is 4.37. The molecule has 4 rings (SSSR count). The summed E-state index contributed by atoms with van der Waals surface area (Å²) in [5, 5.41) is 6.96. The molecule has 4 aromatic rings. The number of nitrogens with one attached hydrogen (secondary N) is 1. The second kappa shape index (κ2) is 9.08. The fourth-order valence-electron chi connectivity index (χ4n) is 3.15. The van der Waals surface area contributed by atoms with Gasteiger partial charge in [0.05, 0.1) is 26.2 Å². The first kappa shape index (κ1) is 20.1. The number of rotatable bonds is 7. The van der Waals surface area contributed by atoms with E-state index in [1.165, 1.54) is 14.2 Å². The van der Waals surface area contributed by atoms with E-state index >= 15 is 0 Å². The Labute approximate surface area is 178 Å². The molecule has 0 bridgehead atoms. The SMILES string of the molecule is COc1cccc(C(=O)Nc2ccccc2Cc2nc(-c3cccnc3)no2)c1OC. The predicted molar refractivity (Wildman–Crippen MR) is 114 cm³/mol. The minimum atomic E-state index is -0.315. The summed E-state index contributed by atoms with van der Waals surface area (Å²) < 4.78 is 16.1. The maximum Gasteiger partial charge on any atom is 0.259 e. The summed E-state index contributed by atoms with van der Waals surface area (Å²) in [5.41, 5.74) is 2.61. The normalized spacial score (nSPS) is 10.5. The molecule has 0 saturated carbocycles. The number of hydrogen-bond acceptors (Lipinski definition) is 7. The average Bonchev–Trinajstić information content (AvgIpc) is 3.28. The van der Waals surface area contributed by atoms with Gasteiger partial charge in [-0.3, -0.25) is 9.78 Å². The van der Waals surface area contributed by atoms with Gasteiger partial charge in [-0.25, -0.2) is 0 Å². The number of para-hydroxylation sites is 2. The first-order valence-electron chi connectivity index (χ1n) is 9.53. The summed E-state index contributed by atoms with van der Waals surface area (Å²) in [7, 11) is 3.02. The van der Waals surface area contributed by atoms with E-state index in [9.17, 15) is 4.79 Å². The van der Waals surface area contributed by atoms with Crippen LogP contribution in [0.3, 0.4) is 0 Å². The summed E-state index contributed by atoms with van der Waals surface area (Å²) >= 11 is 0. The highest BCUT2D eigenvalue weighted by atomic mass is 16.5. The van der Waals surface area contributed by atoms with Crippen molar-refractivity contribution >= 4 is 11.6 Å². The molecule has 0 aliphatic heterocycles.